The summed E-state index contributed by atoms with van der Waals surface area (Å²) in [5, 5.41) is 10.2. The highest BCUT2D eigenvalue weighted by atomic mass is 35.5. The summed E-state index contributed by atoms with van der Waals surface area (Å²) in [5.41, 5.74) is 1.35. The number of methoxy groups -OCH3 is 1. The summed E-state index contributed by atoms with van der Waals surface area (Å²) in [4.78, 5) is 4.77. The lowest BCUT2D eigenvalue weighted by molar-refractivity contribution is -0.000445. The van der Waals surface area contributed by atoms with E-state index in [0.29, 0.717) is 26.4 Å². The van der Waals surface area contributed by atoms with E-state index in [2.05, 4.69) is 40.1 Å². The lowest BCUT2D eigenvalue weighted by Gasteiger charge is -2.35. The number of hydrogen-bond acceptors (Lipinski definition) is 6. The van der Waals surface area contributed by atoms with E-state index >= 15 is 0 Å². The van der Waals surface area contributed by atoms with Crippen molar-refractivity contribution in [1.29, 1.82) is 0 Å². The summed E-state index contributed by atoms with van der Waals surface area (Å²) in [7, 11) is 1.63. The minimum atomic E-state index is -0.479. The second-order valence-corrected chi connectivity index (χ2v) is 7.32. The van der Waals surface area contributed by atoms with Crippen molar-refractivity contribution < 1.29 is 19.3 Å². The minimum absolute atomic E-state index is 0. The predicted molar refractivity (Wildman–Crippen MR) is 128 cm³/mol. The van der Waals surface area contributed by atoms with Gasteiger partial charge in [0, 0.05) is 45.3 Å². The zero-order valence-electron chi connectivity index (χ0n) is 18.0. The third-order valence-electron chi connectivity index (χ3n) is 5.03. The number of halogens is 2. The van der Waals surface area contributed by atoms with E-state index in [-0.39, 0.29) is 24.8 Å². The summed E-state index contributed by atoms with van der Waals surface area (Å²) >= 11 is 0. The minimum Gasteiger partial charge on any atom is -0.497 e. The zero-order valence-corrected chi connectivity index (χ0v) is 19.7. The van der Waals surface area contributed by atoms with Gasteiger partial charge >= 0.3 is 0 Å². The Morgan fingerprint density at radius 2 is 1.55 bits per heavy atom. The number of ether oxygens (including phenoxy) is 3. The molecule has 174 valence electrons. The molecule has 3 rings (SSSR count). The van der Waals surface area contributed by atoms with Gasteiger partial charge in [0.15, 0.2) is 0 Å². The molecule has 1 atom stereocenters. The molecule has 8 heteroatoms. The number of aliphatic hydroxyl groups excluding tert-OH is 1. The number of benzene rings is 2. The zero-order chi connectivity index (χ0) is 20.3. The molecule has 1 aliphatic heterocycles. The average molecular weight is 473 g/mol. The van der Waals surface area contributed by atoms with Gasteiger partial charge in [-0.2, -0.15) is 0 Å². The van der Waals surface area contributed by atoms with Gasteiger partial charge in [-0.25, -0.2) is 0 Å². The van der Waals surface area contributed by atoms with E-state index in [9.17, 15) is 5.11 Å². The molecule has 6 nitrogen and oxygen atoms in total. The van der Waals surface area contributed by atoms with Crippen LogP contribution < -0.4 is 9.47 Å². The van der Waals surface area contributed by atoms with Crippen molar-refractivity contribution in [3.63, 3.8) is 0 Å². The Kier molecular flexibility index (Phi) is 13.6. The maximum Gasteiger partial charge on any atom is 0.123 e. The summed E-state index contributed by atoms with van der Waals surface area (Å²) in [6.07, 6.45) is -0.479. The van der Waals surface area contributed by atoms with Crippen molar-refractivity contribution in [3.8, 4) is 11.5 Å². The Morgan fingerprint density at radius 1 is 0.871 bits per heavy atom. The molecule has 31 heavy (non-hydrogen) atoms. The van der Waals surface area contributed by atoms with Gasteiger partial charge < -0.3 is 19.3 Å². The second-order valence-electron chi connectivity index (χ2n) is 7.32. The van der Waals surface area contributed by atoms with Crippen LogP contribution in [0.15, 0.2) is 54.6 Å². The highest BCUT2D eigenvalue weighted by molar-refractivity contribution is 5.85. The van der Waals surface area contributed by atoms with E-state index in [1.807, 2.05) is 24.3 Å². The van der Waals surface area contributed by atoms with Crippen LogP contribution in [-0.2, 0) is 11.3 Å². The molecule has 1 fully saturated rings. The number of nitrogens with zero attached hydrogens (tertiary/aromatic N) is 2. The van der Waals surface area contributed by atoms with E-state index in [1.165, 1.54) is 5.56 Å². The largest absolute Gasteiger partial charge is 0.497 e. The van der Waals surface area contributed by atoms with Crippen LogP contribution in [0.4, 0.5) is 0 Å². The Morgan fingerprint density at radius 3 is 2.26 bits per heavy atom. The van der Waals surface area contributed by atoms with Crippen LogP contribution in [-0.4, -0.2) is 80.7 Å². The highest BCUT2D eigenvalue weighted by Gasteiger charge is 2.19. The quantitative estimate of drug-likeness (QED) is 0.507. The molecule has 0 bridgehead atoms. The average Bonchev–Trinajstić information content (AvgIpc) is 2.76. The number of aliphatic hydroxyl groups is 1. The van der Waals surface area contributed by atoms with Crippen molar-refractivity contribution in [2.45, 2.75) is 12.6 Å². The second kappa shape index (κ2) is 15.3. The fourth-order valence-corrected chi connectivity index (χ4v) is 3.45. The molecule has 1 heterocycles. The van der Waals surface area contributed by atoms with Crippen molar-refractivity contribution in [1.82, 2.24) is 9.80 Å². The van der Waals surface area contributed by atoms with E-state index < -0.39 is 6.10 Å². The van der Waals surface area contributed by atoms with Crippen LogP contribution in [0.1, 0.15) is 5.56 Å². The maximum absolute atomic E-state index is 10.2. The molecular formula is C23H34Cl2N2O4. The van der Waals surface area contributed by atoms with Crippen molar-refractivity contribution in [3.05, 3.63) is 60.2 Å². The van der Waals surface area contributed by atoms with E-state index in [1.54, 1.807) is 7.11 Å². The predicted octanol–water partition coefficient (Wildman–Crippen LogP) is 3.11. The Bertz CT molecular complexity index is 716. The van der Waals surface area contributed by atoms with Crippen LogP contribution in [0, 0.1) is 0 Å². The summed E-state index contributed by atoms with van der Waals surface area (Å²) in [6, 6.07) is 18.1. The summed E-state index contributed by atoms with van der Waals surface area (Å²) < 4.78 is 16.4. The molecule has 2 aromatic carbocycles. The molecule has 1 N–H and O–H groups in total. The number of rotatable bonds is 11. The molecule has 0 spiro atoms. The first-order valence-electron chi connectivity index (χ1n) is 10.2. The molecule has 1 saturated heterocycles. The van der Waals surface area contributed by atoms with Gasteiger partial charge in [-0.1, -0.05) is 36.4 Å². The fourth-order valence-electron chi connectivity index (χ4n) is 3.45. The van der Waals surface area contributed by atoms with Crippen LogP contribution in [0.2, 0.25) is 0 Å². The lowest BCUT2D eigenvalue weighted by atomic mass is 10.2. The summed E-state index contributed by atoms with van der Waals surface area (Å²) in [5.74, 6) is 1.52. The van der Waals surface area contributed by atoms with Gasteiger partial charge in [0.05, 0.1) is 26.4 Å². The number of piperazine rings is 1. The molecule has 0 saturated carbocycles. The van der Waals surface area contributed by atoms with Gasteiger partial charge in [0.25, 0.3) is 0 Å². The van der Waals surface area contributed by atoms with Crippen molar-refractivity contribution in [2.24, 2.45) is 0 Å². The number of β-amino-alcohol motifs (C(OH)–C–C–N with tert-alkyl or cyclic N) is 1. The van der Waals surface area contributed by atoms with E-state index in [0.717, 1.165) is 44.2 Å². The summed E-state index contributed by atoms with van der Waals surface area (Å²) in [6.45, 7) is 6.85. The first-order chi connectivity index (χ1) is 14.2. The van der Waals surface area contributed by atoms with Gasteiger partial charge in [-0.05, 0) is 17.7 Å². The fraction of sp³-hybridized carbons (Fsp3) is 0.478. The maximum atomic E-state index is 10.2. The van der Waals surface area contributed by atoms with Crippen LogP contribution >= 0.6 is 24.8 Å². The third kappa shape index (κ3) is 10.1. The van der Waals surface area contributed by atoms with Crippen LogP contribution in [0.3, 0.4) is 0 Å². The van der Waals surface area contributed by atoms with Gasteiger partial charge in [0.2, 0.25) is 0 Å². The molecule has 1 aliphatic rings. The first kappa shape index (κ1) is 27.5. The lowest BCUT2D eigenvalue weighted by Crippen LogP contribution is -2.48. The van der Waals surface area contributed by atoms with Crippen molar-refractivity contribution >= 4 is 24.8 Å². The molecule has 0 radical (unpaired) electrons. The first-order valence-corrected chi connectivity index (χ1v) is 10.2. The Hall–Kier alpha value is -1.54. The van der Waals surface area contributed by atoms with Gasteiger partial charge in [-0.15, -0.1) is 24.8 Å². The smallest absolute Gasteiger partial charge is 0.123 e. The topological polar surface area (TPSA) is 54.4 Å². The van der Waals surface area contributed by atoms with Gasteiger partial charge in [0.1, 0.15) is 18.1 Å². The van der Waals surface area contributed by atoms with E-state index in [4.69, 9.17) is 14.2 Å². The Labute approximate surface area is 197 Å². The van der Waals surface area contributed by atoms with Crippen LogP contribution in [0.5, 0.6) is 11.5 Å². The highest BCUT2D eigenvalue weighted by Crippen LogP contribution is 2.18. The van der Waals surface area contributed by atoms with Crippen LogP contribution in [0.25, 0.3) is 0 Å². The monoisotopic (exact) mass is 472 g/mol. The SMILES string of the molecule is COc1cccc(OCCOCC(O)CN2CCN(Cc3ccccc3)CC2)c1.Cl.Cl. The standard InChI is InChI=1S/C23H32N2O4.2ClH/c1-27-22-8-5-9-23(16-22)29-15-14-28-19-21(26)18-25-12-10-24(11-13-25)17-20-6-3-2-4-7-20;;/h2-9,16,21,26H,10-15,17-19H2,1H3;2*1H. The molecule has 0 aliphatic carbocycles. The molecule has 0 amide bonds. The van der Waals surface area contributed by atoms with Crippen molar-refractivity contribution in [2.75, 3.05) is 59.7 Å². The molecule has 2 aromatic rings. The normalized spacial score (nSPS) is 15.4. The third-order valence-corrected chi connectivity index (χ3v) is 5.03. The molecular weight excluding hydrogens is 439 g/mol. The molecule has 1 unspecified atom stereocenters. The van der Waals surface area contributed by atoms with Gasteiger partial charge in [-0.3, -0.25) is 9.80 Å². The molecule has 0 aromatic heterocycles. The Balaban J connectivity index is 0.00000240. The number of hydrogen-bond donors (Lipinski definition) is 1.